The van der Waals surface area contributed by atoms with Crippen molar-refractivity contribution in [2.24, 2.45) is 0 Å². The Morgan fingerprint density at radius 1 is 1.41 bits per heavy atom. The molecule has 0 saturated carbocycles. The summed E-state index contributed by atoms with van der Waals surface area (Å²) in [6, 6.07) is 0. The first-order valence-electron chi connectivity index (χ1n) is 3.84. The Labute approximate surface area is 104 Å². The van der Waals surface area contributed by atoms with Crippen LogP contribution in [0.2, 0.25) is 0 Å². The monoisotopic (exact) mass is 368 g/mol. The van der Waals surface area contributed by atoms with Gasteiger partial charge < -0.3 is 0 Å². The van der Waals surface area contributed by atoms with Crippen molar-refractivity contribution in [1.29, 1.82) is 0 Å². The second-order valence-electron chi connectivity index (χ2n) is 2.78. The lowest BCUT2D eigenvalue weighted by Crippen LogP contribution is -2.15. The fourth-order valence-corrected chi connectivity index (χ4v) is 1.86. The normalized spacial score (nSPS) is 11.9. The van der Waals surface area contributed by atoms with Crippen molar-refractivity contribution in [2.45, 2.75) is 12.6 Å². The highest BCUT2D eigenvalue weighted by Crippen LogP contribution is 2.42. The van der Waals surface area contributed by atoms with Crippen molar-refractivity contribution < 1.29 is 26.9 Å². The molecule has 0 saturated heterocycles. The van der Waals surface area contributed by atoms with Crippen molar-refractivity contribution in [3.8, 4) is 0 Å². The van der Waals surface area contributed by atoms with Crippen molar-refractivity contribution in [3.63, 3.8) is 0 Å². The Bertz CT molecular complexity index is 462. The number of halogens is 6. The number of hydrogen-bond donors (Lipinski definition) is 0. The Morgan fingerprint density at radius 2 is 1.94 bits per heavy atom. The molecule has 94 valence electrons. The molecular weight excluding hydrogens is 366 g/mol. The average molecular weight is 368 g/mol. The fourth-order valence-electron chi connectivity index (χ4n) is 1.13. The minimum Gasteiger partial charge on any atom is -0.258 e. The molecule has 0 aliphatic carbocycles. The van der Waals surface area contributed by atoms with Crippen LogP contribution in [-0.2, 0) is 6.18 Å². The summed E-state index contributed by atoms with van der Waals surface area (Å²) in [5.41, 5.74) is -4.75. The van der Waals surface area contributed by atoms with Crippen LogP contribution in [-0.4, -0.2) is 9.91 Å². The van der Waals surface area contributed by atoms with E-state index in [9.17, 15) is 32.1 Å². The Hall–Kier alpha value is -1.07. The second kappa shape index (κ2) is 4.66. The standard InChI is InChI=1S/C7H2F5IN2O2/c8-5(9)3-2(15(16)17)1-14-6(13)4(3)7(10,11)12/h1,5H. The molecule has 1 rings (SSSR count). The summed E-state index contributed by atoms with van der Waals surface area (Å²) < 4.78 is 61.8. The minimum absolute atomic E-state index is 0.387. The fraction of sp³-hybridized carbons (Fsp3) is 0.286. The van der Waals surface area contributed by atoms with E-state index in [1.807, 2.05) is 0 Å². The molecule has 0 aliphatic rings. The van der Waals surface area contributed by atoms with Crippen LogP contribution < -0.4 is 0 Å². The van der Waals surface area contributed by atoms with Crippen molar-refractivity contribution in [2.75, 3.05) is 0 Å². The van der Waals surface area contributed by atoms with E-state index in [-0.39, 0.29) is 0 Å². The van der Waals surface area contributed by atoms with Gasteiger partial charge in [-0.15, -0.1) is 0 Å². The number of nitrogens with zero attached hydrogens (tertiary/aromatic N) is 2. The van der Waals surface area contributed by atoms with Gasteiger partial charge in [0, 0.05) is 0 Å². The quantitative estimate of drug-likeness (QED) is 0.264. The summed E-state index contributed by atoms with van der Waals surface area (Å²) in [5.74, 6) is 0. The first-order chi connectivity index (χ1) is 7.66. The Morgan fingerprint density at radius 3 is 2.29 bits per heavy atom. The van der Waals surface area contributed by atoms with Crippen LogP contribution in [0, 0.1) is 13.8 Å². The number of pyridine rings is 1. The molecule has 0 bridgehead atoms. The van der Waals surface area contributed by atoms with Gasteiger partial charge in [-0.2, -0.15) is 13.2 Å². The molecule has 17 heavy (non-hydrogen) atoms. The molecule has 0 spiro atoms. The van der Waals surface area contributed by atoms with Gasteiger partial charge in [0.05, 0.1) is 4.92 Å². The zero-order valence-electron chi connectivity index (χ0n) is 7.63. The van der Waals surface area contributed by atoms with Gasteiger partial charge in [0.25, 0.3) is 12.1 Å². The number of alkyl halides is 5. The molecule has 0 unspecified atom stereocenters. The number of hydrogen-bond acceptors (Lipinski definition) is 3. The highest BCUT2D eigenvalue weighted by Gasteiger charge is 2.42. The molecule has 0 radical (unpaired) electrons. The molecule has 0 amide bonds. The molecule has 4 nitrogen and oxygen atoms in total. The SMILES string of the molecule is O=[N+]([O-])c1cnc(I)c(C(F)(F)F)c1C(F)F. The highest BCUT2D eigenvalue weighted by molar-refractivity contribution is 14.1. The summed E-state index contributed by atoms with van der Waals surface area (Å²) in [5, 5.41) is 10.4. The van der Waals surface area contributed by atoms with Crippen molar-refractivity contribution >= 4 is 28.3 Å². The third-order valence-electron chi connectivity index (χ3n) is 1.75. The van der Waals surface area contributed by atoms with Gasteiger partial charge in [-0.1, -0.05) is 0 Å². The zero-order chi connectivity index (χ0) is 13.4. The summed E-state index contributed by atoms with van der Waals surface area (Å²) >= 11 is 1.10. The van der Waals surface area contributed by atoms with Crippen LogP contribution in [0.4, 0.5) is 27.6 Å². The number of nitro groups is 1. The first kappa shape index (κ1) is 14.0. The molecule has 1 aromatic heterocycles. The lowest BCUT2D eigenvalue weighted by Gasteiger charge is -2.13. The Balaban J connectivity index is 3.67. The molecular formula is C7H2F5IN2O2. The molecule has 0 aliphatic heterocycles. The van der Waals surface area contributed by atoms with E-state index in [1.54, 1.807) is 0 Å². The molecule has 1 aromatic rings. The van der Waals surface area contributed by atoms with Gasteiger partial charge in [0.2, 0.25) is 0 Å². The maximum Gasteiger partial charge on any atom is 0.419 e. The van der Waals surface area contributed by atoms with Gasteiger partial charge in [-0.25, -0.2) is 13.8 Å². The van der Waals surface area contributed by atoms with E-state index in [2.05, 4.69) is 4.98 Å². The van der Waals surface area contributed by atoms with Crippen LogP contribution in [0.25, 0.3) is 0 Å². The van der Waals surface area contributed by atoms with E-state index in [1.165, 1.54) is 0 Å². The highest BCUT2D eigenvalue weighted by atomic mass is 127. The minimum atomic E-state index is -5.12. The van der Waals surface area contributed by atoms with Gasteiger partial charge in [-0.05, 0) is 22.6 Å². The summed E-state index contributed by atoms with van der Waals surface area (Å²) in [6.45, 7) is 0. The van der Waals surface area contributed by atoms with E-state index in [0.29, 0.717) is 6.20 Å². The number of aromatic nitrogens is 1. The molecule has 10 heteroatoms. The molecule has 0 aromatic carbocycles. The maximum atomic E-state index is 12.5. The Kier molecular flexibility index (Phi) is 3.84. The smallest absolute Gasteiger partial charge is 0.258 e. The molecule has 0 fully saturated rings. The summed E-state index contributed by atoms with van der Waals surface area (Å²) in [7, 11) is 0. The maximum absolute atomic E-state index is 12.5. The van der Waals surface area contributed by atoms with E-state index < -0.39 is 38.0 Å². The van der Waals surface area contributed by atoms with Crippen LogP contribution in [0.5, 0.6) is 0 Å². The third kappa shape index (κ3) is 2.79. The van der Waals surface area contributed by atoms with Gasteiger partial charge >= 0.3 is 6.18 Å². The molecule has 1 heterocycles. The molecule has 0 atom stereocenters. The topological polar surface area (TPSA) is 56.0 Å². The van der Waals surface area contributed by atoms with E-state index >= 15 is 0 Å². The third-order valence-corrected chi connectivity index (χ3v) is 2.57. The largest absolute Gasteiger partial charge is 0.419 e. The van der Waals surface area contributed by atoms with Crippen LogP contribution >= 0.6 is 22.6 Å². The van der Waals surface area contributed by atoms with Gasteiger partial charge in [0.15, 0.2) is 0 Å². The predicted octanol–water partition coefficient (Wildman–Crippen LogP) is 3.55. The van der Waals surface area contributed by atoms with Crippen molar-refractivity contribution in [1.82, 2.24) is 4.98 Å². The van der Waals surface area contributed by atoms with Crippen molar-refractivity contribution in [3.05, 3.63) is 31.1 Å². The number of rotatable bonds is 2. The van der Waals surface area contributed by atoms with Crippen LogP contribution in [0.15, 0.2) is 6.20 Å². The van der Waals surface area contributed by atoms with Gasteiger partial charge in [0.1, 0.15) is 21.0 Å². The summed E-state index contributed by atoms with van der Waals surface area (Å²) in [4.78, 5) is 12.2. The molecule has 0 N–H and O–H groups in total. The lowest BCUT2D eigenvalue weighted by atomic mass is 10.1. The van der Waals surface area contributed by atoms with E-state index in [0.717, 1.165) is 22.6 Å². The van der Waals surface area contributed by atoms with E-state index in [4.69, 9.17) is 0 Å². The predicted molar refractivity (Wildman–Crippen MR) is 53.6 cm³/mol. The lowest BCUT2D eigenvalue weighted by molar-refractivity contribution is -0.386. The van der Waals surface area contributed by atoms with Crippen LogP contribution in [0.3, 0.4) is 0 Å². The zero-order valence-corrected chi connectivity index (χ0v) is 9.79. The second-order valence-corrected chi connectivity index (χ2v) is 3.80. The summed E-state index contributed by atoms with van der Waals surface area (Å²) in [6.07, 6.45) is -8.34. The van der Waals surface area contributed by atoms with Crippen LogP contribution in [0.1, 0.15) is 17.6 Å². The average Bonchev–Trinajstić information content (AvgIpc) is 2.14. The first-order valence-corrected chi connectivity index (χ1v) is 4.92. The van der Waals surface area contributed by atoms with Gasteiger partial charge in [-0.3, -0.25) is 10.1 Å².